The van der Waals surface area contributed by atoms with E-state index in [0.29, 0.717) is 19.6 Å². The molecule has 23 heavy (non-hydrogen) atoms. The van der Waals surface area contributed by atoms with Crippen molar-refractivity contribution >= 4 is 11.8 Å². The first-order valence-electron chi connectivity index (χ1n) is 8.63. The Hall–Kier alpha value is -1.68. The number of hydrogen-bond acceptors (Lipinski definition) is 4. The Morgan fingerprint density at radius 3 is 2.87 bits per heavy atom. The molecule has 1 saturated heterocycles. The topological polar surface area (TPSA) is 46.6 Å². The minimum Gasteiger partial charge on any atom is -0.465 e. The van der Waals surface area contributed by atoms with Gasteiger partial charge in [-0.2, -0.15) is 0 Å². The number of benzene rings is 1. The minimum atomic E-state index is -0.883. The standard InChI is InChI=1S/C19H25NO3/c1-2-23-18(22)19-11-10-16(17(19)21)13-20(14-19)12-6-9-15-7-4-3-5-8-15/h3-5,7-8,16H,2,6,9-14H2,1H3. The second-order valence-corrected chi connectivity index (χ2v) is 6.73. The summed E-state index contributed by atoms with van der Waals surface area (Å²) in [5, 5.41) is 0. The number of hydrogen-bond donors (Lipinski definition) is 0. The molecule has 2 unspecified atom stereocenters. The Bertz CT molecular complexity index is 571. The summed E-state index contributed by atoms with van der Waals surface area (Å²) in [6, 6.07) is 10.4. The molecule has 2 bridgehead atoms. The number of nitrogens with zero attached hydrogens (tertiary/aromatic N) is 1. The van der Waals surface area contributed by atoms with E-state index < -0.39 is 5.41 Å². The quantitative estimate of drug-likeness (QED) is 0.597. The van der Waals surface area contributed by atoms with Gasteiger partial charge in [-0.3, -0.25) is 9.59 Å². The van der Waals surface area contributed by atoms with Crippen LogP contribution in [0.5, 0.6) is 0 Å². The first-order valence-corrected chi connectivity index (χ1v) is 8.63. The zero-order chi connectivity index (χ0) is 16.3. The molecular weight excluding hydrogens is 290 g/mol. The van der Waals surface area contributed by atoms with Crippen LogP contribution in [0.4, 0.5) is 0 Å². The molecule has 1 saturated carbocycles. The largest absolute Gasteiger partial charge is 0.465 e. The van der Waals surface area contributed by atoms with Gasteiger partial charge in [-0.25, -0.2) is 0 Å². The zero-order valence-electron chi connectivity index (χ0n) is 13.8. The van der Waals surface area contributed by atoms with Crippen LogP contribution in [0.15, 0.2) is 30.3 Å². The fraction of sp³-hybridized carbons (Fsp3) is 0.579. The number of carbonyl (C=O) groups is 2. The molecule has 4 heteroatoms. The highest BCUT2D eigenvalue weighted by Crippen LogP contribution is 2.44. The Balaban J connectivity index is 1.60. The summed E-state index contributed by atoms with van der Waals surface area (Å²) in [4.78, 5) is 27.2. The molecule has 0 aromatic heterocycles. The lowest BCUT2D eigenvalue weighted by Gasteiger charge is -2.37. The summed E-state index contributed by atoms with van der Waals surface area (Å²) in [6.07, 6.45) is 3.56. The van der Waals surface area contributed by atoms with E-state index in [4.69, 9.17) is 4.74 Å². The fourth-order valence-electron chi connectivity index (χ4n) is 4.01. The van der Waals surface area contributed by atoms with E-state index in [0.717, 1.165) is 32.4 Å². The van der Waals surface area contributed by atoms with Gasteiger partial charge in [-0.1, -0.05) is 30.3 Å². The maximum absolute atomic E-state index is 12.5. The molecule has 4 nitrogen and oxygen atoms in total. The van der Waals surface area contributed by atoms with Crippen molar-refractivity contribution in [1.29, 1.82) is 0 Å². The van der Waals surface area contributed by atoms with Crippen LogP contribution in [0.3, 0.4) is 0 Å². The van der Waals surface area contributed by atoms with Crippen molar-refractivity contribution in [2.24, 2.45) is 11.3 Å². The Morgan fingerprint density at radius 1 is 1.35 bits per heavy atom. The molecule has 0 radical (unpaired) electrons. The summed E-state index contributed by atoms with van der Waals surface area (Å²) < 4.78 is 5.21. The lowest BCUT2D eigenvalue weighted by Crippen LogP contribution is -2.53. The summed E-state index contributed by atoms with van der Waals surface area (Å²) in [6.45, 7) is 4.41. The van der Waals surface area contributed by atoms with E-state index in [1.54, 1.807) is 6.92 Å². The van der Waals surface area contributed by atoms with Crippen molar-refractivity contribution < 1.29 is 14.3 Å². The number of rotatable bonds is 6. The number of Topliss-reactive ketones (excluding diaryl/α,β-unsaturated/α-hetero) is 1. The van der Waals surface area contributed by atoms with Crippen LogP contribution in [0.25, 0.3) is 0 Å². The van der Waals surface area contributed by atoms with Crippen molar-refractivity contribution in [2.75, 3.05) is 26.2 Å². The molecule has 1 aromatic carbocycles. The molecule has 1 heterocycles. The van der Waals surface area contributed by atoms with Crippen LogP contribution in [0.2, 0.25) is 0 Å². The van der Waals surface area contributed by atoms with Gasteiger partial charge < -0.3 is 9.64 Å². The maximum atomic E-state index is 12.5. The first kappa shape index (κ1) is 16.2. The number of ether oxygens (including phenoxy) is 1. The molecule has 1 aromatic rings. The third-order valence-corrected chi connectivity index (χ3v) is 5.18. The minimum absolute atomic E-state index is 0.0184. The molecule has 0 spiro atoms. The van der Waals surface area contributed by atoms with Gasteiger partial charge in [-0.05, 0) is 44.7 Å². The third kappa shape index (κ3) is 3.18. The summed E-state index contributed by atoms with van der Waals surface area (Å²) in [5.74, 6) is -0.166. The fourth-order valence-corrected chi connectivity index (χ4v) is 4.01. The number of piperidine rings is 1. The van der Waals surface area contributed by atoms with Gasteiger partial charge in [0.1, 0.15) is 5.41 Å². The number of likely N-dealkylation sites (tertiary alicyclic amines) is 1. The highest BCUT2D eigenvalue weighted by Gasteiger charge is 2.58. The third-order valence-electron chi connectivity index (χ3n) is 5.18. The second-order valence-electron chi connectivity index (χ2n) is 6.73. The van der Waals surface area contributed by atoms with Crippen LogP contribution in [0.1, 0.15) is 31.7 Å². The molecule has 1 aliphatic heterocycles. The van der Waals surface area contributed by atoms with Crippen LogP contribution in [-0.2, 0) is 20.7 Å². The molecular formula is C19H25NO3. The number of esters is 1. The van der Waals surface area contributed by atoms with Crippen molar-refractivity contribution in [2.45, 2.75) is 32.6 Å². The molecule has 0 N–H and O–H groups in total. The van der Waals surface area contributed by atoms with Crippen molar-refractivity contribution in [1.82, 2.24) is 4.90 Å². The van der Waals surface area contributed by atoms with E-state index in [-0.39, 0.29) is 17.7 Å². The highest BCUT2D eigenvalue weighted by molar-refractivity contribution is 6.07. The van der Waals surface area contributed by atoms with Crippen LogP contribution >= 0.6 is 0 Å². The average Bonchev–Trinajstić information content (AvgIpc) is 2.75. The Labute approximate surface area is 137 Å². The van der Waals surface area contributed by atoms with Gasteiger partial charge in [0.15, 0.2) is 5.78 Å². The molecule has 2 fully saturated rings. The van der Waals surface area contributed by atoms with Crippen LogP contribution in [0, 0.1) is 11.3 Å². The monoisotopic (exact) mass is 315 g/mol. The molecule has 2 atom stereocenters. The Kier molecular flexibility index (Phi) is 4.81. The van der Waals surface area contributed by atoms with Gasteiger partial charge in [-0.15, -0.1) is 0 Å². The number of carbonyl (C=O) groups excluding carboxylic acids is 2. The lowest BCUT2D eigenvalue weighted by atomic mass is 9.80. The van der Waals surface area contributed by atoms with E-state index in [9.17, 15) is 9.59 Å². The molecule has 1 aliphatic carbocycles. The SMILES string of the molecule is CCOC(=O)C12CCC(CN(CCCc3ccccc3)C1)C2=O. The summed E-state index contributed by atoms with van der Waals surface area (Å²) in [7, 11) is 0. The van der Waals surface area contributed by atoms with Crippen LogP contribution in [-0.4, -0.2) is 42.9 Å². The van der Waals surface area contributed by atoms with E-state index in [1.807, 2.05) is 6.07 Å². The summed E-state index contributed by atoms with van der Waals surface area (Å²) >= 11 is 0. The Morgan fingerprint density at radius 2 is 2.13 bits per heavy atom. The van der Waals surface area contributed by atoms with Gasteiger partial charge in [0.2, 0.25) is 0 Å². The van der Waals surface area contributed by atoms with Crippen LogP contribution < -0.4 is 0 Å². The molecule has 0 amide bonds. The van der Waals surface area contributed by atoms with Gasteiger partial charge in [0.25, 0.3) is 0 Å². The van der Waals surface area contributed by atoms with E-state index in [2.05, 4.69) is 29.2 Å². The van der Waals surface area contributed by atoms with Crippen molar-refractivity contribution in [3.05, 3.63) is 35.9 Å². The molecule has 124 valence electrons. The van der Waals surface area contributed by atoms with Gasteiger partial charge in [0, 0.05) is 19.0 Å². The normalized spacial score (nSPS) is 27.2. The van der Waals surface area contributed by atoms with Gasteiger partial charge in [0.05, 0.1) is 6.61 Å². The molecule has 2 aliphatic rings. The van der Waals surface area contributed by atoms with Gasteiger partial charge >= 0.3 is 5.97 Å². The smallest absolute Gasteiger partial charge is 0.320 e. The van der Waals surface area contributed by atoms with Crippen molar-refractivity contribution in [3.63, 3.8) is 0 Å². The predicted molar refractivity (Wildman–Crippen MR) is 88.0 cm³/mol. The first-order chi connectivity index (χ1) is 11.2. The van der Waals surface area contributed by atoms with Crippen molar-refractivity contribution in [3.8, 4) is 0 Å². The molecule has 3 rings (SSSR count). The second kappa shape index (κ2) is 6.83. The van der Waals surface area contributed by atoms with E-state index in [1.165, 1.54) is 5.56 Å². The number of ketones is 1. The maximum Gasteiger partial charge on any atom is 0.320 e. The zero-order valence-corrected chi connectivity index (χ0v) is 13.8. The number of fused-ring (bicyclic) bond motifs is 2. The lowest BCUT2D eigenvalue weighted by molar-refractivity contribution is -0.162. The average molecular weight is 315 g/mol. The number of aryl methyl sites for hydroxylation is 1. The highest BCUT2D eigenvalue weighted by atomic mass is 16.5. The predicted octanol–water partition coefficient (Wildman–Crippen LogP) is 2.46. The van der Waals surface area contributed by atoms with E-state index >= 15 is 0 Å². The summed E-state index contributed by atoms with van der Waals surface area (Å²) in [5.41, 5.74) is 0.453.